The van der Waals surface area contributed by atoms with Crippen LogP contribution in [0.15, 0.2) is 34.1 Å². The zero-order valence-corrected chi connectivity index (χ0v) is 14.2. The number of aryl methyl sites for hydroxylation is 1. The topological polar surface area (TPSA) is 12.0 Å². The molecule has 19 heavy (non-hydrogen) atoms. The first-order chi connectivity index (χ1) is 9.11. The van der Waals surface area contributed by atoms with Gasteiger partial charge in [-0.1, -0.05) is 30.7 Å². The average Bonchev–Trinajstić information content (AvgIpc) is 2.78. The molecule has 0 aliphatic carbocycles. The Morgan fingerprint density at radius 1 is 1.37 bits per heavy atom. The van der Waals surface area contributed by atoms with E-state index < -0.39 is 0 Å². The molecule has 1 unspecified atom stereocenters. The van der Waals surface area contributed by atoms with E-state index >= 15 is 0 Å². The molecule has 0 amide bonds. The first kappa shape index (κ1) is 15.0. The van der Waals surface area contributed by atoms with E-state index in [1.54, 1.807) is 11.3 Å². The molecule has 2 aromatic rings. The molecule has 1 aromatic heterocycles. The molecule has 0 fully saturated rings. The third-order valence-electron chi connectivity index (χ3n) is 3.04. The van der Waals surface area contributed by atoms with Crippen LogP contribution in [0.2, 0.25) is 5.02 Å². The van der Waals surface area contributed by atoms with Crippen molar-refractivity contribution < 1.29 is 0 Å². The molecule has 1 nitrogen and oxygen atoms in total. The lowest BCUT2D eigenvalue weighted by atomic mass is 10.0. The third kappa shape index (κ3) is 3.82. The number of rotatable bonds is 5. The molecule has 0 spiro atoms. The Labute approximate surface area is 132 Å². The van der Waals surface area contributed by atoms with E-state index in [-0.39, 0.29) is 0 Å². The van der Waals surface area contributed by atoms with Gasteiger partial charge in [-0.05, 0) is 64.5 Å². The van der Waals surface area contributed by atoms with Crippen LogP contribution >= 0.6 is 38.9 Å². The molecule has 0 saturated heterocycles. The van der Waals surface area contributed by atoms with Crippen molar-refractivity contribution in [3.8, 4) is 0 Å². The molecule has 0 saturated carbocycles. The van der Waals surface area contributed by atoms with Crippen molar-refractivity contribution in [3.63, 3.8) is 0 Å². The molecule has 1 atom stereocenters. The molecule has 0 aliphatic rings. The smallest absolute Gasteiger partial charge is 0.0467 e. The SMILES string of the molecule is CCNC(Cc1ccc(C)cc1Cl)c1sccc1Br. The van der Waals surface area contributed by atoms with E-state index in [0.717, 1.165) is 18.0 Å². The minimum atomic E-state index is 0.305. The second-order valence-corrected chi connectivity index (χ2v) is 6.75. The van der Waals surface area contributed by atoms with Gasteiger partial charge in [-0.15, -0.1) is 11.3 Å². The molecule has 0 radical (unpaired) electrons. The summed E-state index contributed by atoms with van der Waals surface area (Å²) in [5, 5.41) is 6.51. The maximum atomic E-state index is 6.34. The lowest BCUT2D eigenvalue weighted by molar-refractivity contribution is 0.556. The van der Waals surface area contributed by atoms with Crippen molar-refractivity contribution in [2.24, 2.45) is 0 Å². The van der Waals surface area contributed by atoms with Gasteiger partial charge in [0.05, 0.1) is 0 Å². The van der Waals surface area contributed by atoms with Crippen LogP contribution in [-0.2, 0) is 6.42 Å². The van der Waals surface area contributed by atoms with Gasteiger partial charge < -0.3 is 5.32 Å². The van der Waals surface area contributed by atoms with E-state index in [2.05, 4.69) is 58.7 Å². The number of thiophene rings is 1. The number of hydrogen-bond donors (Lipinski definition) is 1. The minimum Gasteiger partial charge on any atom is -0.309 e. The van der Waals surface area contributed by atoms with Crippen molar-refractivity contribution in [2.45, 2.75) is 26.3 Å². The van der Waals surface area contributed by atoms with Crippen molar-refractivity contribution in [2.75, 3.05) is 6.54 Å². The van der Waals surface area contributed by atoms with E-state index in [0.29, 0.717) is 6.04 Å². The van der Waals surface area contributed by atoms with E-state index in [9.17, 15) is 0 Å². The summed E-state index contributed by atoms with van der Waals surface area (Å²) in [6.45, 7) is 5.14. The minimum absolute atomic E-state index is 0.305. The second kappa shape index (κ2) is 6.89. The van der Waals surface area contributed by atoms with Gasteiger partial charge in [0.15, 0.2) is 0 Å². The highest BCUT2D eigenvalue weighted by atomic mass is 79.9. The van der Waals surface area contributed by atoms with Gasteiger partial charge >= 0.3 is 0 Å². The quantitative estimate of drug-likeness (QED) is 0.758. The predicted molar refractivity (Wildman–Crippen MR) is 88.3 cm³/mol. The van der Waals surface area contributed by atoms with Crippen molar-refractivity contribution in [1.29, 1.82) is 0 Å². The summed E-state index contributed by atoms with van der Waals surface area (Å²) in [5.74, 6) is 0. The van der Waals surface area contributed by atoms with E-state index in [1.165, 1.54) is 20.5 Å². The monoisotopic (exact) mass is 357 g/mol. The lowest BCUT2D eigenvalue weighted by Crippen LogP contribution is -2.22. The average molecular weight is 359 g/mol. The van der Waals surface area contributed by atoms with Crippen LogP contribution < -0.4 is 5.32 Å². The summed E-state index contributed by atoms with van der Waals surface area (Å²) in [5.41, 5.74) is 2.39. The van der Waals surface area contributed by atoms with Crippen molar-refractivity contribution in [3.05, 3.63) is 55.1 Å². The fourth-order valence-corrected chi connectivity index (χ4v) is 4.13. The Kier molecular flexibility index (Phi) is 5.46. The summed E-state index contributed by atoms with van der Waals surface area (Å²) >= 11 is 11.7. The first-order valence-corrected chi connectivity index (χ1v) is 8.38. The molecule has 4 heteroatoms. The highest BCUT2D eigenvalue weighted by Gasteiger charge is 2.16. The Balaban J connectivity index is 2.24. The highest BCUT2D eigenvalue weighted by Crippen LogP contribution is 2.32. The van der Waals surface area contributed by atoms with Crippen LogP contribution in [0.3, 0.4) is 0 Å². The Morgan fingerprint density at radius 2 is 2.16 bits per heavy atom. The molecule has 102 valence electrons. The van der Waals surface area contributed by atoms with E-state index in [1.807, 2.05) is 6.07 Å². The standard InChI is InChI=1S/C15H17BrClNS/c1-3-18-14(15-12(16)6-7-19-15)9-11-5-4-10(2)8-13(11)17/h4-8,14,18H,3,9H2,1-2H3. The maximum Gasteiger partial charge on any atom is 0.0467 e. The van der Waals surface area contributed by atoms with Gasteiger partial charge in [-0.2, -0.15) is 0 Å². The summed E-state index contributed by atoms with van der Waals surface area (Å²) < 4.78 is 1.17. The van der Waals surface area contributed by atoms with Gasteiger partial charge in [0.25, 0.3) is 0 Å². The predicted octanol–water partition coefficient (Wildman–Crippen LogP) is 5.37. The van der Waals surface area contributed by atoms with Gasteiger partial charge in [0, 0.05) is 20.4 Å². The highest BCUT2D eigenvalue weighted by molar-refractivity contribution is 9.10. The van der Waals surface area contributed by atoms with Crippen LogP contribution in [0.25, 0.3) is 0 Å². The molecular formula is C15H17BrClNS. The van der Waals surface area contributed by atoms with Crippen molar-refractivity contribution >= 4 is 38.9 Å². The lowest BCUT2D eigenvalue weighted by Gasteiger charge is -2.18. The van der Waals surface area contributed by atoms with Crippen LogP contribution in [0.1, 0.15) is 29.0 Å². The van der Waals surface area contributed by atoms with Crippen LogP contribution in [0.4, 0.5) is 0 Å². The summed E-state index contributed by atoms with van der Waals surface area (Å²) in [6, 6.07) is 8.68. The molecule has 0 aliphatic heterocycles. The zero-order valence-electron chi connectivity index (χ0n) is 11.0. The summed E-state index contributed by atoms with van der Waals surface area (Å²) in [7, 11) is 0. The molecule has 1 N–H and O–H groups in total. The summed E-state index contributed by atoms with van der Waals surface area (Å²) in [6.07, 6.45) is 0.909. The van der Waals surface area contributed by atoms with Gasteiger partial charge in [0.2, 0.25) is 0 Å². The van der Waals surface area contributed by atoms with Crippen LogP contribution in [-0.4, -0.2) is 6.54 Å². The van der Waals surface area contributed by atoms with E-state index in [4.69, 9.17) is 11.6 Å². The number of likely N-dealkylation sites (N-methyl/N-ethyl adjacent to an activating group) is 1. The Hall–Kier alpha value is -0.350. The normalized spacial score (nSPS) is 12.6. The number of halogens is 2. The van der Waals surface area contributed by atoms with Gasteiger partial charge in [0.1, 0.15) is 0 Å². The first-order valence-electron chi connectivity index (χ1n) is 6.33. The molecular weight excluding hydrogens is 342 g/mol. The number of hydrogen-bond acceptors (Lipinski definition) is 2. The zero-order chi connectivity index (χ0) is 13.8. The molecule has 1 heterocycles. The summed E-state index contributed by atoms with van der Waals surface area (Å²) in [4.78, 5) is 1.33. The van der Waals surface area contributed by atoms with Crippen LogP contribution in [0, 0.1) is 6.92 Å². The number of nitrogens with one attached hydrogen (secondary N) is 1. The fraction of sp³-hybridized carbons (Fsp3) is 0.333. The largest absolute Gasteiger partial charge is 0.309 e. The maximum absolute atomic E-state index is 6.34. The fourth-order valence-electron chi connectivity index (χ4n) is 2.10. The molecule has 1 aromatic carbocycles. The third-order valence-corrected chi connectivity index (χ3v) is 5.38. The van der Waals surface area contributed by atoms with Gasteiger partial charge in [-0.25, -0.2) is 0 Å². The second-order valence-electron chi connectivity index (χ2n) is 4.54. The van der Waals surface area contributed by atoms with Crippen LogP contribution in [0.5, 0.6) is 0 Å². The van der Waals surface area contributed by atoms with Crippen molar-refractivity contribution in [1.82, 2.24) is 5.32 Å². The van der Waals surface area contributed by atoms with Gasteiger partial charge in [-0.3, -0.25) is 0 Å². The number of benzene rings is 1. The Bertz CT molecular complexity index is 553. The molecule has 0 bridgehead atoms. The Morgan fingerprint density at radius 3 is 2.74 bits per heavy atom. The molecule has 2 rings (SSSR count).